The van der Waals surface area contributed by atoms with Crippen LogP contribution < -0.4 is 11.1 Å². The maximum atomic E-state index is 11.8. The average molecular weight is 366 g/mol. The molecule has 0 unspecified atom stereocenters. The Bertz CT molecular complexity index is 1010. The van der Waals surface area contributed by atoms with Gasteiger partial charge >= 0.3 is 0 Å². The molecule has 27 heavy (non-hydrogen) atoms. The molecule has 0 atom stereocenters. The molecule has 1 fully saturated rings. The summed E-state index contributed by atoms with van der Waals surface area (Å²) in [6.07, 6.45) is 6.40. The van der Waals surface area contributed by atoms with Gasteiger partial charge in [0.15, 0.2) is 0 Å². The lowest BCUT2D eigenvalue weighted by molar-refractivity contribution is 0.0434. The van der Waals surface area contributed by atoms with Gasteiger partial charge < -0.3 is 16.2 Å². The van der Waals surface area contributed by atoms with Crippen LogP contribution in [0.1, 0.15) is 43.1 Å². The molecule has 4 rings (SSSR count). The van der Waals surface area contributed by atoms with E-state index in [1.54, 1.807) is 6.20 Å². The normalized spacial score (nSPS) is 19.3. The summed E-state index contributed by atoms with van der Waals surface area (Å²) in [5, 5.41) is 17.2. The molecule has 8 nitrogen and oxygen atoms in total. The summed E-state index contributed by atoms with van der Waals surface area (Å²) in [4.78, 5) is 20.9. The van der Waals surface area contributed by atoms with Crippen LogP contribution in [0.25, 0.3) is 22.3 Å². The molecule has 1 amide bonds. The number of hydrogen-bond donors (Lipinski definition) is 3. The number of fused-ring (bicyclic) bond motifs is 1. The maximum absolute atomic E-state index is 11.8. The average Bonchev–Trinajstić information content (AvgIpc) is 3.07. The van der Waals surface area contributed by atoms with Gasteiger partial charge in [-0.2, -0.15) is 5.10 Å². The SMILES string of the molecule is CC(C)Nc1c(C(N)=O)cnc2ccc(-c3cnn(C4CC(O)C4)c3)nc12. The van der Waals surface area contributed by atoms with Crippen LogP contribution >= 0.6 is 0 Å². The Hall–Kier alpha value is -3.00. The van der Waals surface area contributed by atoms with E-state index in [0.29, 0.717) is 22.3 Å². The van der Waals surface area contributed by atoms with E-state index in [2.05, 4.69) is 15.4 Å². The molecular formula is C19H22N6O2. The maximum Gasteiger partial charge on any atom is 0.252 e. The van der Waals surface area contributed by atoms with Crippen LogP contribution in [0.4, 0.5) is 5.69 Å². The summed E-state index contributed by atoms with van der Waals surface area (Å²) in [6.45, 7) is 3.97. The van der Waals surface area contributed by atoms with Crippen LogP contribution in [-0.2, 0) is 0 Å². The third-order valence-electron chi connectivity index (χ3n) is 4.77. The van der Waals surface area contributed by atoms with Gasteiger partial charge in [0.25, 0.3) is 5.91 Å². The molecule has 4 N–H and O–H groups in total. The first-order chi connectivity index (χ1) is 12.9. The van der Waals surface area contributed by atoms with E-state index in [1.807, 2.05) is 36.9 Å². The van der Waals surface area contributed by atoms with Gasteiger partial charge in [0.05, 0.1) is 40.8 Å². The molecule has 1 aliphatic carbocycles. The number of anilines is 1. The topological polar surface area (TPSA) is 119 Å². The van der Waals surface area contributed by atoms with Crippen molar-refractivity contribution in [3.63, 3.8) is 0 Å². The number of carbonyl (C=O) groups excluding carboxylic acids is 1. The van der Waals surface area contributed by atoms with Crippen LogP contribution in [0.2, 0.25) is 0 Å². The first-order valence-electron chi connectivity index (χ1n) is 9.01. The lowest BCUT2D eigenvalue weighted by Gasteiger charge is -2.31. The van der Waals surface area contributed by atoms with Gasteiger partial charge in [-0.15, -0.1) is 0 Å². The summed E-state index contributed by atoms with van der Waals surface area (Å²) in [5.74, 6) is -0.545. The van der Waals surface area contributed by atoms with E-state index >= 15 is 0 Å². The number of carbonyl (C=O) groups is 1. The van der Waals surface area contributed by atoms with Gasteiger partial charge in [-0.25, -0.2) is 4.98 Å². The minimum Gasteiger partial charge on any atom is -0.393 e. The number of aliphatic hydroxyl groups excluding tert-OH is 1. The summed E-state index contributed by atoms with van der Waals surface area (Å²) in [6, 6.07) is 4.09. The molecule has 0 spiro atoms. The second kappa shape index (κ2) is 6.62. The highest BCUT2D eigenvalue weighted by molar-refractivity contribution is 6.05. The number of amides is 1. The minimum absolute atomic E-state index is 0.104. The van der Waals surface area contributed by atoms with Gasteiger partial charge in [0.1, 0.15) is 5.52 Å². The van der Waals surface area contributed by atoms with Gasteiger partial charge in [-0.1, -0.05) is 0 Å². The molecule has 1 aliphatic rings. The molecule has 1 saturated carbocycles. The van der Waals surface area contributed by atoms with Crippen molar-refractivity contribution in [1.82, 2.24) is 19.7 Å². The Labute approximate surface area is 156 Å². The molecule has 3 aromatic rings. The Kier molecular flexibility index (Phi) is 4.27. The zero-order chi connectivity index (χ0) is 19.1. The number of hydrogen-bond acceptors (Lipinski definition) is 6. The molecule has 3 aromatic heterocycles. The number of aliphatic hydroxyl groups is 1. The number of aromatic nitrogens is 4. The number of rotatable bonds is 5. The predicted molar refractivity (Wildman–Crippen MR) is 102 cm³/mol. The highest BCUT2D eigenvalue weighted by atomic mass is 16.3. The largest absolute Gasteiger partial charge is 0.393 e. The van der Waals surface area contributed by atoms with Crippen molar-refractivity contribution in [2.24, 2.45) is 5.73 Å². The van der Waals surface area contributed by atoms with E-state index in [4.69, 9.17) is 10.7 Å². The summed E-state index contributed by atoms with van der Waals surface area (Å²) in [5.41, 5.74) is 9.33. The summed E-state index contributed by atoms with van der Waals surface area (Å²) < 4.78 is 1.87. The highest BCUT2D eigenvalue weighted by Gasteiger charge is 2.29. The molecule has 0 radical (unpaired) electrons. The minimum atomic E-state index is -0.545. The first-order valence-corrected chi connectivity index (χ1v) is 9.01. The number of nitrogens with one attached hydrogen (secondary N) is 1. The van der Waals surface area contributed by atoms with E-state index in [1.165, 1.54) is 6.20 Å². The standard InChI is InChI=1S/C19H22N6O2/c1-10(2)23-17-14(19(20)27)8-21-16-4-3-15(24-18(16)17)11-7-22-25(9-11)12-5-13(26)6-12/h3-4,7-10,12-13,26H,5-6H2,1-2H3,(H2,20,27)(H,21,23). The molecule has 0 aromatic carbocycles. The quantitative estimate of drug-likeness (QED) is 0.636. The van der Waals surface area contributed by atoms with Crippen LogP contribution in [0, 0.1) is 0 Å². The van der Waals surface area contributed by atoms with E-state index in [9.17, 15) is 9.90 Å². The Morgan fingerprint density at radius 1 is 1.33 bits per heavy atom. The Morgan fingerprint density at radius 2 is 2.11 bits per heavy atom. The molecule has 0 aliphatic heterocycles. The van der Waals surface area contributed by atoms with Crippen LogP contribution in [-0.4, -0.2) is 42.9 Å². The lowest BCUT2D eigenvalue weighted by atomic mass is 9.90. The second-order valence-electron chi connectivity index (χ2n) is 7.26. The van der Waals surface area contributed by atoms with E-state index < -0.39 is 5.91 Å². The Balaban J connectivity index is 1.77. The zero-order valence-electron chi connectivity index (χ0n) is 15.3. The molecule has 0 bridgehead atoms. The van der Waals surface area contributed by atoms with Crippen molar-refractivity contribution in [2.75, 3.05) is 5.32 Å². The fourth-order valence-electron chi connectivity index (χ4n) is 3.29. The molecular weight excluding hydrogens is 344 g/mol. The van der Waals surface area contributed by atoms with E-state index in [0.717, 1.165) is 24.1 Å². The predicted octanol–water partition coefficient (Wildman–Crippen LogP) is 2.11. The molecule has 3 heterocycles. The fourth-order valence-corrected chi connectivity index (χ4v) is 3.29. The van der Waals surface area contributed by atoms with E-state index in [-0.39, 0.29) is 18.2 Å². The summed E-state index contributed by atoms with van der Waals surface area (Å²) >= 11 is 0. The summed E-state index contributed by atoms with van der Waals surface area (Å²) in [7, 11) is 0. The monoisotopic (exact) mass is 366 g/mol. The van der Waals surface area contributed by atoms with Crippen molar-refractivity contribution >= 4 is 22.6 Å². The van der Waals surface area contributed by atoms with Crippen LogP contribution in [0.15, 0.2) is 30.7 Å². The zero-order valence-corrected chi connectivity index (χ0v) is 15.3. The van der Waals surface area contributed by atoms with Crippen molar-refractivity contribution in [3.8, 4) is 11.3 Å². The van der Waals surface area contributed by atoms with Crippen LogP contribution in [0.3, 0.4) is 0 Å². The first kappa shape index (κ1) is 17.4. The van der Waals surface area contributed by atoms with Crippen molar-refractivity contribution in [1.29, 1.82) is 0 Å². The fraction of sp³-hybridized carbons (Fsp3) is 0.368. The molecule has 8 heteroatoms. The van der Waals surface area contributed by atoms with Gasteiger partial charge in [-0.3, -0.25) is 14.5 Å². The van der Waals surface area contributed by atoms with Crippen molar-refractivity contribution in [2.45, 2.75) is 44.9 Å². The van der Waals surface area contributed by atoms with Gasteiger partial charge in [0.2, 0.25) is 0 Å². The third kappa shape index (κ3) is 3.23. The van der Waals surface area contributed by atoms with Crippen molar-refractivity contribution < 1.29 is 9.90 Å². The number of nitrogens with two attached hydrogens (primary N) is 1. The molecule has 140 valence electrons. The molecule has 0 saturated heterocycles. The second-order valence-corrected chi connectivity index (χ2v) is 7.26. The van der Waals surface area contributed by atoms with Crippen molar-refractivity contribution in [3.05, 3.63) is 36.3 Å². The van der Waals surface area contributed by atoms with Crippen LogP contribution in [0.5, 0.6) is 0 Å². The third-order valence-corrected chi connectivity index (χ3v) is 4.77. The Morgan fingerprint density at radius 3 is 2.78 bits per heavy atom. The van der Waals surface area contributed by atoms with Gasteiger partial charge in [-0.05, 0) is 38.8 Å². The lowest BCUT2D eigenvalue weighted by Crippen LogP contribution is -2.30. The number of pyridine rings is 2. The highest BCUT2D eigenvalue weighted by Crippen LogP contribution is 2.33. The number of primary amides is 1. The number of nitrogens with zero attached hydrogens (tertiary/aromatic N) is 4. The smallest absolute Gasteiger partial charge is 0.252 e. The van der Waals surface area contributed by atoms with Gasteiger partial charge in [0, 0.05) is 24.0 Å².